The molecule has 2 aromatic carbocycles. The van der Waals surface area contributed by atoms with Gasteiger partial charge in [-0.05, 0) is 50.1 Å². The third-order valence-electron chi connectivity index (χ3n) is 4.80. The van der Waals surface area contributed by atoms with Crippen LogP contribution in [0.3, 0.4) is 0 Å². The third-order valence-corrected chi connectivity index (χ3v) is 7.50. The van der Waals surface area contributed by atoms with Gasteiger partial charge in [-0.1, -0.05) is 39.7 Å². The highest BCUT2D eigenvalue weighted by Crippen LogP contribution is 2.26. The van der Waals surface area contributed by atoms with E-state index in [1.54, 1.807) is 17.0 Å². The minimum atomic E-state index is -3.57. The summed E-state index contributed by atoms with van der Waals surface area (Å²) in [6.07, 6.45) is 0. The monoisotopic (exact) mass is 450 g/mol. The molecule has 1 fully saturated rings. The Balaban J connectivity index is 1.76. The van der Waals surface area contributed by atoms with Gasteiger partial charge in [0.2, 0.25) is 10.0 Å². The molecule has 1 amide bonds. The maximum Gasteiger partial charge on any atom is 0.253 e. The van der Waals surface area contributed by atoms with E-state index in [-0.39, 0.29) is 5.91 Å². The molecule has 0 N–H and O–H groups in total. The van der Waals surface area contributed by atoms with Crippen LogP contribution in [0.2, 0.25) is 0 Å². The SMILES string of the molecule is Cc1cc(C)c(S(=O)(=O)N2CCN(C(=O)c3cccc(Br)c3)CC2)c(C)c1. The molecule has 0 spiro atoms. The lowest BCUT2D eigenvalue weighted by Gasteiger charge is -2.34. The number of hydrogen-bond acceptors (Lipinski definition) is 3. The van der Waals surface area contributed by atoms with Gasteiger partial charge in [0.25, 0.3) is 5.91 Å². The molecule has 7 heteroatoms. The summed E-state index contributed by atoms with van der Waals surface area (Å²) in [5.41, 5.74) is 3.18. The number of amides is 1. The van der Waals surface area contributed by atoms with Gasteiger partial charge in [0.05, 0.1) is 4.90 Å². The van der Waals surface area contributed by atoms with Gasteiger partial charge in [0.1, 0.15) is 0 Å². The smallest absolute Gasteiger partial charge is 0.253 e. The summed E-state index contributed by atoms with van der Waals surface area (Å²) in [7, 11) is -3.57. The van der Waals surface area contributed by atoms with Gasteiger partial charge >= 0.3 is 0 Å². The van der Waals surface area contributed by atoms with Crippen molar-refractivity contribution in [2.75, 3.05) is 26.2 Å². The van der Waals surface area contributed by atoms with Gasteiger partial charge in [0, 0.05) is 36.2 Å². The normalized spacial score (nSPS) is 15.8. The van der Waals surface area contributed by atoms with Crippen molar-refractivity contribution >= 4 is 31.9 Å². The zero-order valence-corrected chi connectivity index (χ0v) is 18.1. The maximum atomic E-state index is 13.1. The highest BCUT2D eigenvalue weighted by atomic mass is 79.9. The summed E-state index contributed by atoms with van der Waals surface area (Å²) in [4.78, 5) is 14.8. The number of hydrogen-bond donors (Lipinski definition) is 0. The second-order valence-corrected chi connectivity index (χ2v) is 9.72. The molecule has 5 nitrogen and oxygen atoms in total. The predicted molar refractivity (Wildman–Crippen MR) is 109 cm³/mol. The average Bonchev–Trinajstić information content (AvgIpc) is 2.60. The molecule has 0 aliphatic carbocycles. The Morgan fingerprint density at radius 3 is 2.11 bits per heavy atom. The van der Waals surface area contributed by atoms with Gasteiger partial charge in [-0.25, -0.2) is 8.42 Å². The van der Waals surface area contributed by atoms with E-state index in [4.69, 9.17) is 0 Å². The summed E-state index contributed by atoms with van der Waals surface area (Å²) in [5, 5.41) is 0. The Morgan fingerprint density at radius 1 is 0.963 bits per heavy atom. The standard InChI is InChI=1S/C20H23BrN2O3S/c1-14-11-15(2)19(16(3)12-14)27(25,26)23-9-7-22(8-10-23)20(24)17-5-4-6-18(21)13-17/h4-6,11-13H,7-10H2,1-3H3. The van der Waals surface area contributed by atoms with Crippen LogP contribution in [-0.2, 0) is 10.0 Å². The zero-order chi connectivity index (χ0) is 19.8. The van der Waals surface area contributed by atoms with Gasteiger partial charge in [-0.3, -0.25) is 4.79 Å². The Hall–Kier alpha value is -1.70. The number of sulfonamides is 1. The van der Waals surface area contributed by atoms with E-state index in [9.17, 15) is 13.2 Å². The lowest BCUT2D eigenvalue weighted by atomic mass is 10.1. The lowest BCUT2D eigenvalue weighted by Crippen LogP contribution is -2.50. The molecule has 3 rings (SSSR count). The van der Waals surface area contributed by atoms with E-state index in [0.29, 0.717) is 36.6 Å². The topological polar surface area (TPSA) is 57.7 Å². The molecule has 0 unspecified atom stereocenters. The number of aryl methyl sites for hydroxylation is 3. The number of halogens is 1. The number of rotatable bonds is 3. The Bertz CT molecular complexity index is 957. The van der Waals surface area contributed by atoms with Crippen LogP contribution in [0.1, 0.15) is 27.0 Å². The summed E-state index contributed by atoms with van der Waals surface area (Å²) in [6, 6.07) is 11.0. The first-order chi connectivity index (χ1) is 12.7. The number of carbonyl (C=O) groups is 1. The molecule has 0 bridgehead atoms. The lowest BCUT2D eigenvalue weighted by molar-refractivity contribution is 0.0697. The van der Waals surface area contributed by atoms with Crippen molar-refractivity contribution in [2.45, 2.75) is 25.7 Å². The number of piperazine rings is 1. The summed E-state index contributed by atoms with van der Waals surface area (Å²) >= 11 is 3.38. The molecule has 1 aliphatic rings. The van der Waals surface area contributed by atoms with Gasteiger partial charge in [0.15, 0.2) is 0 Å². The van der Waals surface area contributed by atoms with Crippen LogP contribution in [-0.4, -0.2) is 49.7 Å². The fourth-order valence-electron chi connectivity index (χ4n) is 3.64. The van der Waals surface area contributed by atoms with Crippen LogP contribution in [0.15, 0.2) is 45.8 Å². The van der Waals surface area contributed by atoms with Crippen LogP contribution in [0.25, 0.3) is 0 Å². The van der Waals surface area contributed by atoms with Crippen molar-refractivity contribution in [3.05, 3.63) is 63.1 Å². The van der Waals surface area contributed by atoms with Crippen molar-refractivity contribution in [1.29, 1.82) is 0 Å². The van der Waals surface area contributed by atoms with Gasteiger partial charge < -0.3 is 4.90 Å². The molecule has 1 saturated heterocycles. The van der Waals surface area contributed by atoms with E-state index >= 15 is 0 Å². The molecule has 0 atom stereocenters. The molecule has 1 heterocycles. The number of carbonyl (C=O) groups excluding carboxylic acids is 1. The highest BCUT2D eigenvalue weighted by Gasteiger charge is 2.32. The second-order valence-electron chi connectivity index (χ2n) is 6.93. The van der Waals surface area contributed by atoms with Crippen molar-refractivity contribution in [1.82, 2.24) is 9.21 Å². The van der Waals surface area contributed by atoms with Gasteiger partial charge in [-0.15, -0.1) is 0 Å². The van der Waals surface area contributed by atoms with Crippen LogP contribution in [0, 0.1) is 20.8 Å². The minimum absolute atomic E-state index is 0.0731. The number of benzene rings is 2. The molecule has 1 aliphatic heterocycles. The maximum absolute atomic E-state index is 13.1. The fourth-order valence-corrected chi connectivity index (χ4v) is 5.87. The van der Waals surface area contributed by atoms with E-state index in [0.717, 1.165) is 21.2 Å². The first-order valence-corrected chi connectivity index (χ1v) is 11.1. The zero-order valence-electron chi connectivity index (χ0n) is 15.7. The number of nitrogens with zero attached hydrogens (tertiary/aromatic N) is 2. The van der Waals surface area contributed by atoms with Crippen molar-refractivity contribution in [3.63, 3.8) is 0 Å². The first kappa shape index (κ1) is 20.0. The minimum Gasteiger partial charge on any atom is -0.336 e. The third kappa shape index (κ3) is 4.10. The van der Waals surface area contributed by atoms with Crippen molar-refractivity contribution in [2.24, 2.45) is 0 Å². The van der Waals surface area contributed by atoms with E-state index in [2.05, 4.69) is 15.9 Å². The van der Waals surface area contributed by atoms with E-state index in [1.807, 2.05) is 45.0 Å². The average molecular weight is 451 g/mol. The van der Waals surface area contributed by atoms with Crippen LogP contribution in [0.4, 0.5) is 0 Å². The van der Waals surface area contributed by atoms with Crippen molar-refractivity contribution in [3.8, 4) is 0 Å². The largest absolute Gasteiger partial charge is 0.336 e. The first-order valence-electron chi connectivity index (χ1n) is 8.83. The quantitative estimate of drug-likeness (QED) is 0.718. The van der Waals surface area contributed by atoms with Crippen LogP contribution in [0.5, 0.6) is 0 Å². The van der Waals surface area contributed by atoms with Crippen LogP contribution >= 0.6 is 15.9 Å². The van der Waals surface area contributed by atoms with E-state index < -0.39 is 10.0 Å². The summed E-state index contributed by atoms with van der Waals surface area (Å²) in [6.45, 7) is 7.00. The molecule has 0 aromatic heterocycles. The Morgan fingerprint density at radius 2 is 1.56 bits per heavy atom. The fraction of sp³-hybridized carbons (Fsp3) is 0.350. The second kappa shape index (κ2) is 7.73. The predicted octanol–water partition coefficient (Wildman–Crippen LogP) is 3.52. The van der Waals surface area contributed by atoms with E-state index in [1.165, 1.54) is 4.31 Å². The van der Waals surface area contributed by atoms with Gasteiger partial charge in [-0.2, -0.15) is 4.31 Å². The molecule has 2 aromatic rings. The molecular weight excluding hydrogens is 428 g/mol. The Kier molecular flexibility index (Phi) is 5.74. The molecule has 0 radical (unpaired) electrons. The molecule has 144 valence electrons. The van der Waals surface area contributed by atoms with Crippen LogP contribution < -0.4 is 0 Å². The highest BCUT2D eigenvalue weighted by molar-refractivity contribution is 9.10. The molecular formula is C20H23BrN2O3S. The summed E-state index contributed by atoms with van der Waals surface area (Å²) < 4.78 is 28.6. The Labute approximate surface area is 169 Å². The molecule has 27 heavy (non-hydrogen) atoms. The summed E-state index contributed by atoms with van der Waals surface area (Å²) in [5.74, 6) is -0.0731. The van der Waals surface area contributed by atoms with Crippen molar-refractivity contribution < 1.29 is 13.2 Å². The molecule has 0 saturated carbocycles.